The van der Waals surface area contributed by atoms with Crippen LogP contribution in [0, 0.1) is 6.92 Å². The normalized spacial score (nSPS) is 15.3. The summed E-state index contributed by atoms with van der Waals surface area (Å²) in [5, 5.41) is 7.93. The molecule has 0 bridgehead atoms. The van der Waals surface area contributed by atoms with Crippen LogP contribution in [0.25, 0.3) is 0 Å². The van der Waals surface area contributed by atoms with Crippen LogP contribution in [0.15, 0.2) is 47.6 Å². The van der Waals surface area contributed by atoms with E-state index in [1.807, 2.05) is 19.9 Å². The number of hydrogen-bond donors (Lipinski definition) is 1. The third-order valence-corrected chi connectivity index (χ3v) is 5.36. The van der Waals surface area contributed by atoms with Crippen LogP contribution in [0.5, 0.6) is 11.5 Å². The Morgan fingerprint density at radius 1 is 1.13 bits per heavy atom. The van der Waals surface area contributed by atoms with E-state index in [0.29, 0.717) is 28.7 Å². The lowest BCUT2D eigenvalue weighted by atomic mass is 10.1. The molecule has 2 aromatic rings. The third-order valence-electron chi connectivity index (χ3n) is 4.26. The first-order valence-corrected chi connectivity index (χ1v) is 10.5. The molecular formula is C22H23N3O5S. The Hall–Kier alpha value is -3.33. The van der Waals surface area contributed by atoms with Crippen molar-refractivity contribution in [2.45, 2.75) is 33.1 Å². The number of amides is 2. The molecule has 2 amide bonds. The number of ether oxygens (including phenoxy) is 2. The maximum absolute atomic E-state index is 12.6. The van der Waals surface area contributed by atoms with Gasteiger partial charge in [0.25, 0.3) is 0 Å². The van der Waals surface area contributed by atoms with E-state index >= 15 is 0 Å². The smallest absolute Gasteiger partial charge is 0.343 e. The van der Waals surface area contributed by atoms with Crippen molar-refractivity contribution in [3.05, 3.63) is 59.2 Å². The Kier molecular flexibility index (Phi) is 6.96. The first-order chi connectivity index (χ1) is 14.8. The topological polar surface area (TPSA) is 97.3 Å². The highest BCUT2D eigenvalue weighted by Crippen LogP contribution is 2.41. The van der Waals surface area contributed by atoms with E-state index < -0.39 is 11.3 Å². The summed E-state index contributed by atoms with van der Waals surface area (Å²) in [6, 6.07) is 12.2. The largest absolute Gasteiger partial charge is 0.490 e. The summed E-state index contributed by atoms with van der Waals surface area (Å²) in [7, 11) is 0. The SMILES string of the molecule is CCOc1cc(C2SC(NC(C)=O)=NN2C(C)=O)ccc1OC(=O)c1cccc(C)c1. The molecule has 0 spiro atoms. The number of rotatable bonds is 5. The van der Waals surface area contributed by atoms with Crippen LogP contribution < -0.4 is 14.8 Å². The second-order valence-electron chi connectivity index (χ2n) is 6.82. The zero-order valence-electron chi connectivity index (χ0n) is 17.7. The average Bonchev–Trinajstić information content (AvgIpc) is 3.13. The van der Waals surface area contributed by atoms with E-state index in [2.05, 4.69) is 10.4 Å². The molecule has 0 aromatic heterocycles. The van der Waals surface area contributed by atoms with Crippen LogP contribution in [0.3, 0.4) is 0 Å². The number of benzene rings is 2. The van der Waals surface area contributed by atoms with Gasteiger partial charge in [0.05, 0.1) is 12.2 Å². The zero-order valence-corrected chi connectivity index (χ0v) is 18.5. The molecule has 1 N–H and O–H groups in total. The van der Waals surface area contributed by atoms with Gasteiger partial charge in [0, 0.05) is 13.8 Å². The number of esters is 1. The molecule has 31 heavy (non-hydrogen) atoms. The Balaban J connectivity index is 1.87. The number of hydrazone groups is 1. The summed E-state index contributed by atoms with van der Waals surface area (Å²) in [5.74, 6) is -0.389. The van der Waals surface area contributed by atoms with Crippen molar-refractivity contribution in [2.24, 2.45) is 5.10 Å². The van der Waals surface area contributed by atoms with Gasteiger partial charge < -0.3 is 14.8 Å². The molecule has 1 atom stereocenters. The van der Waals surface area contributed by atoms with E-state index in [-0.39, 0.29) is 17.6 Å². The van der Waals surface area contributed by atoms with Gasteiger partial charge in [0.15, 0.2) is 16.7 Å². The zero-order chi connectivity index (χ0) is 22.5. The molecule has 0 saturated heterocycles. The van der Waals surface area contributed by atoms with Gasteiger partial charge in [-0.25, -0.2) is 9.80 Å². The van der Waals surface area contributed by atoms with Gasteiger partial charge >= 0.3 is 5.97 Å². The number of thioether (sulfide) groups is 1. The van der Waals surface area contributed by atoms with Gasteiger partial charge in [-0.2, -0.15) is 0 Å². The van der Waals surface area contributed by atoms with Crippen LogP contribution in [-0.2, 0) is 9.59 Å². The van der Waals surface area contributed by atoms with Crippen LogP contribution in [0.2, 0.25) is 0 Å². The summed E-state index contributed by atoms with van der Waals surface area (Å²) < 4.78 is 11.3. The predicted octanol–water partition coefficient (Wildman–Crippen LogP) is 3.61. The second-order valence-corrected chi connectivity index (χ2v) is 7.89. The number of hydrogen-bond acceptors (Lipinski definition) is 7. The molecule has 0 radical (unpaired) electrons. The van der Waals surface area contributed by atoms with Crippen molar-refractivity contribution in [3.8, 4) is 11.5 Å². The van der Waals surface area contributed by atoms with Crippen LogP contribution in [0.1, 0.15) is 47.6 Å². The minimum atomic E-state index is -0.491. The van der Waals surface area contributed by atoms with Gasteiger partial charge in [-0.1, -0.05) is 35.5 Å². The van der Waals surface area contributed by atoms with Crippen LogP contribution in [-0.4, -0.2) is 34.6 Å². The lowest BCUT2D eigenvalue weighted by Gasteiger charge is -2.20. The van der Waals surface area contributed by atoms with E-state index in [1.165, 1.54) is 30.6 Å². The molecule has 162 valence electrons. The Bertz CT molecular complexity index is 1050. The molecule has 1 aliphatic heterocycles. The molecule has 0 saturated carbocycles. The van der Waals surface area contributed by atoms with Crippen molar-refractivity contribution in [1.29, 1.82) is 0 Å². The van der Waals surface area contributed by atoms with Crippen LogP contribution in [0.4, 0.5) is 0 Å². The first-order valence-electron chi connectivity index (χ1n) is 9.66. The quantitative estimate of drug-likeness (QED) is 0.562. The highest BCUT2D eigenvalue weighted by Gasteiger charge is 2.33. The van der Waals surface area contributed by atoms with E-state index in [4.69, 9.17) is 9.47 Å². The van der Waals surface area contributed by atoms with Gasteiger partial charge in [-0.15, -0.1) is 5.10 Å². The highest BCUT2D eigenvalue weighted by molar-refractivity contribution is 8.14. The number of nitrogens with one attached hydrogen (secondary N) is 1. The minimum absolute atomic E-state index is 0.272. The molecule has 2 aromatic carbocycles. The van der Waals surface area contributed by atoms with Crippen molar-refractivity contribution >= 4 is 34.7 Å². The third kappa shape index (κ3) is 5.43. The Morgan fingerprint density at radius 2 is 1.90 bits per heavy atom. The van der Waals surface area contributed by atoms with Crippen molar-refractivity contribution in [2.75, 3.05) is 6.61 Å². The number of amidine groups is 1. The first kappa shape index (κ1) is 22.4. The van der Waals surface area contributed by atoms with E-state index in [1.54, 1.807) is 36.4 Å². The number of carbonyl (C=O) groups is 3. The van der Waals surface area contributed by atoms with Crippen molar-refractivity contribution in [3.63, 3.8) is 0 Å². The molecule has 0 aliphatic carbocycles. The number of aryl methyl sites for hydroxylation is 1. The fourth-order valence-electron chi connectivity index (χ4n) is 2.94. The molecule has 1 heterocycles. The maximum atomic E-state index is 12.6. The van der Waals surface area contributed by atoms with Gasteiger partial charge in [0.1, 0.15) is 5.37 Å². The number of carbonyl (C=O) groups excluding carboxylic acids is 3. The average molecular weight is 442 g/mol. The molecule has 8 nitrogen and oxygen atoms in total. The fraction of sp³-hybridized carbons (Fsp3) is 0.273. The lowest BCUT2D eigenvalue weighted by Crippen LogP contribution is -2.25. The van der Waals surface area contributed by atoms with Gasteiger partial charge in [-0.05, 0) is 43.7 Å². The van der Waals surface area contributed by atoms with Gasteiger partial charge in [0.2, 0.25) is 11.8 Å². The Labute approximate surface area is 184 Å². The molecule has 9 heteroatoms. The monoisotopic (exact) mass is 441 g/mol. The summed E-state index contributed by atoms with van der Waals surface area (Å²) in [4.78, 5) is 36.0. The predicted molar refractivity (Wildman–Crippen MR) is 118 cm³/mol. The molecule has 0 fully saturated rings. The number of nitrogens with zero attached hydrogens (tertiary/aromatic N) is 2. The van der Waals surface area contributed by atoms with E-state index in [9.17, 15) is 14.4 Å². The van der Waals surface area contributed by atoms with Crippen molar-refractivity contribution in [1.82, 2.24) is 10.3 Å². The van der Waals surface area contributed by atoms with Crippen LogP contribution >= 0.6 is 11.8 Å². The summed E-state index contributed by atoms with van der Waals surface area (Å²) in [6.07, 6.45) is 0. The summed E-state index contributed by atoms with van der Waals surface area (Å²) in [5.41, 5.74) is 2.10. The second kappa shape index (κ2) is 9.65. The standard InChI is InChI=1S/C22H23N3O5S/c1-5-29-19-12-16(20-25(15(4)27)24-22(31-20)23-14(3)26)9-10-18(19)30-21(28)17-8-6-7-13(2)11-17/h6-12,20H,5H2,1-4H3,(H,23,24,26). The lowest BCUT2D eigenvalue weighted by molar-refractivity contribution is -0.129. The maximum Gasteiger partial charge on any atom is 0.343 e. The highest BCUT2D eigenvalue weighted by atomic mass is 32.2. The minimum Gasteiger partial charge on any atom is -0.490 e. The molecule has 3 rings (SSSR count). The van der Waals surface area contributed by atoms with E-state index in [0.717, 1.165) is 5.56 Å². The van der Waals surface area contributed by atoms with Gasteiger partial charge in [-0.3, -0.25) is 9.59 Å². The molecular weight excluding hydrogens is 418 g/mol. The van der Waals surface area contributed by atoms with Crippen molar-refractivity contribution < 1.29 is 23.9 Å². The molecule has 1 aliphatic rings. The fourth-order valence-corrected chi connectivity index (χ4v) is 4.07. The summed E-state index contributed by atoms with van der Waals surface area (Å²) >= 11 is 1.23. The Morgan fingerprint density at radius 3 is 2.55 bits per heavy atom. The summed E-state index contributed by atoms with van der Waals surface area (Å²) in [6.45, 7) is 6.85. The molecule has 1 unspecified atom stereocenters.